The largest absolute Gasteiger partial charge is 0.292 e. The summed E-state index contributed by atoms with van der Waals surface area (Å²) in [6, 6.07) is 39.0. The average Bonchev–Trinajstić information content (AvgIpc) is 3.38. The summed E-state index contributed by atoms with van der Waals surface area (Å²) in [6.45, 7) is 0. The van der Waals surface area contributed by atoms with Gasteiger partial charge in [0.25, 0.3) is 0 Å². The van der Waals surface area contributed by atoms with Crippen LogP contribution in [0.3, 0.4) is 0 Å². The molecule has 0 saturated carbocycles. The van der Waals surface area contributed by atoms with Crippen molar-refractivity contribution in [2.75, 3.05) is 0 Å². The number of rotatable bonds is 3. The van der Waals surface area contributed by atoms with E-state index in [0.29, 0.717) is 0 Å². The molecule has 0 aliphatic heterocycles. The van der Waals surface area contributed by atoms with E-state index in [2.05, 4.69) is 117 Å². The zero-order valence-corrected chi connectivity index (χ0v) is 21.3. The van der Waals surface area contributed by atoms with E-state index < -0.39 is 7.92 Å². The Kier molecular flexibility index (Phi) is 4.76. The first kappa shape index (κ1) is 21.4. The molecule has 0 fully saturated rings. The maximum Gasteiger partial charge on any atom is 0.146 e. The summed E-state index contributed by atoms with van der Waals surface area (Å²) in [6.07, 6.45) is 5.64. The second kappa shape index (κ2) is 8.44. The molecule has 0 aliphatic carbocycles. The minimum atomic E-state index is -0.832. The first-order chi connectivity index (χ1) is 18.8. The Morgan fingerprint density at radius 1 is 0.526 bits per heavy atom. The molecule has 0 N–H and O–H groups in total. The third kappa shape index (κ3) is 3.24. The molecular weight excluding hydrogens is 483 g/mol. The van der Waals surface area contributed by atoms with Gasteiger partial charge >= 0.3 is 0 Å². The Labute approximate surface area is 220 Å². The van der Waals surface area contributed by atoms with Crippen LogP contribution < -0.4 is 15.9 Å². The van der Waals surface area contributed by atoms with Gasteiger partial charge in [0.1, 0.15) is 5.65 Å². The molecular formula is C33H21N4P. The first-order valence-corrected chi connectivity index (χ1v) is 14.0. The van der Waals surface area contributed by atoms with Crippen molar-refractivity contribution < 1.29 is 0 Å². The predicted octanol–water partition coefficient (Wildman–Crippen LogP) is 6.50. The number of hydrogen-bond donors (Lipinski definition) is 0. The van der Waals surface area contributed by atoms with Crippen LogP contribution in [0.1, 0.15) is 0 Å². The van der Waals surface area contributed by atoms with E-state index in [-0.39, 0.29) is 0 Å². The summed E-state index contributed by atoms with van der Waals surface area (Å²) < 4.78 is 2.31. The minimum absolute atomic E-state index is 0.832. The van der Waals surface area contributed by atoms with Gasteiger partial charge in [-0.1, -0.05) is 60.7 Å². The Morgan fingerprint density at radius 3 is 2.24 bits per heavy atom. The van der Waals surface area contributed by atoms with Gasteiger partial charge in [-0.2, -0.15) is 0 Å². The maximum atomic E-state index is 5.13. The number of aromatic nitrogens is 4. The van der Waals surface area contributed by atoms with Gasteiger partial charge in [0.15, 0.2) is 0 Å². The molecule has 8 rings (SSSR count). The number of hydrogen-bond acceptors (Lipinski definition) is 3. The van der Waals surface area contributed by atoms with E-state index in [4.69, 9.17) is 4.98 Å². The highest BCUT2D eigenvalue weighted by atomic mass is 31.1. The van der Waals surface area contributed by atoms with Gasteiger partial charge < -0.3 is 0 Å². The molecule has 0 radical (unpaired) electrons. The van der Waals surface area contributed by atoms with Crippen LogP contribution >= 0.6 is 7.92 Å². The Balaban J connectivity index is 1.45. The standard InChI is InChI=1S/C33H21N4P/c1-3-9-31-27(7-1)26-14-13-24(20-28(26)33-36-29-8-2-4-10-32(29)37(31)33)38(23-15-18-34-19-16-23)25-12-11-22-6-5-17-35-30(22)21-25/h1-21H. The molecule has 4 aromatic heterocycles. The monoisotopic (exact) mass is 504 g/mol. The maximum absolute atomic E-state index is 5.13. The fourth-order valence-electron chi connectivity index (χ4n) is 5.57. The van der Waals surface area contributed by atoms with Crippen LogP contribution in [0.4, 0.5) is 0 Å². The lowest BCUT2D eigenvalue weighted by Gasteiger charge is -2.20. The third-order valence-electron chi connectivity index (χ3n) is 7.27. The van der Waals surface area contributed by atoms with Crippen LogP contribution in [-0.2, 0) is 0 Å². The van der Waals surface area contributed by atoms with Crippen molar-refractivity contribution in [1.82, 2.24) is 19.4 Å². The van der Waals surface area contributed by atoms with Gasteiger partial charge in [0, 0.05) is 34.7 Å². The van der Waals surface area contributed by atoms with Gasteiger partial charge in [0.2, 0.25) is 0 Å². The lowest BCUT2D eigenvalue weighted by molar-refractivity contribution is 1.32. The fraction of sp³-hybridized carbons (Fsp3) is 0. The Hall–Kier alpha value is -4.66. The van der Waals surface area contributed by atoms with E-state index in [1.165, 1.54) is 32.2 Å². The van der Waals surface area contributed by atoms with Crippen molar-refractivity contribution in [3.63, 3.8) is 0 Å². The molecule has 4 heterocycles. The second-order valence-electron chi connectivity index (χ2n) is 9.43. The van der Waals surface area contributed by atoms with Crippen molar-refractivity contribution in [2.45, 2.75) is 0 Å². The lowest BCUT2D eigenvalue weighted by Crippen LogP contribution is -2.21. The van der Waals surface area contributed by atoms with Crippen molar-refractivity contribution in [3.8, 4) is 0 Å². The minimum Gasteiger partial charge on any atom is -0.292 e. The van der Waals surface area contributed by atoms with Gasteiger partial charge in [-0.3, -0.25) is 14.4 Å². The van der Waals surface area contributed by atoms with E-state index in [9.17, 15) is 0 Å². The van der Waals surface area contributed by atoms with E-state index in [0.717, 1.165) is 33.0 Å². The summed E-state index contributed by atoms with van der Waals surface area (Å²) >= 11 is 0. The van der Waals surface area contributed by atoms with Gasteiger partial charge in [-0.15, -0.1) is 0 Å². The van der Waals surface area contributed by atoms with Crippen LogP contribution in [0.15, 0.2) is 128 Å². The average molecular weight is 505 g/mol. The van der Waals surface area contributed by atoms with Crippen LogP contribution in [0.5, 0.6) is 0 Å². The summed E-state index contributed by atoms with van der Waals surface area (Å²) in [4.78, 5) is 14.1. The van der Waals surface area contributed by atoms with E-state index >= 15 is 0 Å². The van der Waals surface area contributed by atoms with Gasteiger partial charge in [-0.05, 0) is 77.8 Å². The predicted molar refractivity (Wildman–Crippen MR) is 160 cm³/mol. The summed E-state index contributed by atoms with van der Waals surface area (Å²) in [5.41, 5.74) is 5.32. The Morgan fingerprint density at radius 2 is 1.32 bits per heavy atom. The molecule has 5 heteroatoms. The van der Waals surface area contributed by atoms with Crippen molar-refractivity contribution in [1.29, 1.82) is 0 Å². The van der Waals surface area contributed by atoms with Crippen molar-refractivity contribution in [3.05, 3.63) is 128 Å². The van der Waals surface area contributed by atoms with Gasteiger partial charge in [0.05, 0.1) is 22.1 Å². The molecule has 1 atom stereocenters. The molecule has 178 valence electrons. The summed E-state index contributed by atoms with van der Waals surface area (Å²) in [5, 5.41) is 8.56. The van der Waals surface area contributed by atoms with E-state index in [1.54, 1.807) is 0 Å². The zero-order chi connectivity index (χ0) is 25.1. The quantitative estimate of drug-likeness (QED) is 0.204. The fourth-order valence-corrected chi connectivity index (χ4v) is 7.86. The molecule has 0 aliphatic rings. The molecule has 0 saturated heterocycles. The number of benzene rings is 4. The van der Waals surface area contributed by atoms with Crippen LogP contribution in [0.25, 0.3) is 49.3 Å². The number of para-hydroxylation sites is 3. The third-order valence-corrected chi connectivity index (χ3v) is 9.67. The molecule has 0 bridgehead atoms. The molecule has 4 nitrogen and oxygen atoms in total. The van der Waals surface area contributed by atoms with Crippen LogP contribution in [0.2, 0.25) is 0 Å². The van der Waals surface area contributed by atoms with Gasteiger partial charge in [-0.25, -0.2) is 4.98 Å². The highest BCUT2D eigenvalue weighted by Crippen LogP contribution is 2.37. The number of fused-ring (bicyclic) bond motifs is 9. The topological polar surface area (TPSA) is 43.1 Å². The van der Waals surface area contributed by atoms with Crippen molar-refractivity contribution >= 4 is 73.1 Å². The molecule has 1 unspecified atom stereocenters. The molecule has 38 heavy (non-hydrogen) atoms. The van der Waals surface area contributed by atoms with Crippen molar-refractivity contribution in [2.24, 2.45) is 0 Å². The zero-order valence-electron chi connectivity index (χ0n) is 20.4. The number of imidazole rings is 1. The first-order valence-electron chi connectivity index (χ1n) is 12.6. The lowest BCUT2D eigenvalue weighted by atomic mass is 10.1. The molecule has 8 aromatic rings. The van der Waals surface area contributed by atoms with E-state index in [1.807, 2.05) is 24.7 Å². The molecule has 4 aromatic carbocycles. The second-order valence-corrected chi connectivity index (χ2v) is 11.6. The van der Waals surface area contributed by atoms with Crippen LogP contribution in [0, 0.1) is 0 Å². The number of pyridine rings is 3. The molecule has 0 spiro atoms. The Bertz CT molecular complexity index is 2150. The smallest absolute Gasteiger partial charge is 0.146 e. The summed E-state index contributed by atoms with van der Waals surface area (Å²) in [5.74, 6) is 0. The highest BCUT2D eigenvalue weighted by molar-refractivity contribution is 7.79. The highest BCUT2D eigenvalue weighted by Gasteiger charge is 2.20. The summed E-state index contributed by atoms with van der Waals surface area (Å²) in [7, 11) is -0.832. The normalized spacial score (nSPS) is 12.6. The number of nitrogens with zero attached hydrogens (tertiary/aromatic N) is 4. The SMILES string of the molecule is c1cnc2cc(P(c3ccncc3)c3ccc4c5ccccc5n5c6ccccc6nc5c4c3)ccc2c1. The van der Waals surface area contributed by atoms with Crippen LogP contribution in [-0.4, -0.2) is 19.4 Å². The molecule has 0 amide bonds.